The van der Waals surface area contributed by atoms with Crippen LogP contribution >= 0.6 is 0 Å². The molecule has 1 aromatic heterocycles. The summed E-state index contributed by atoms with van der Waals surface area (Å²) < 4.78 is 75.2. The number of primary sulfonamides is 1. The van der Waals surface area contributed by atoms with Gasteiger partial charge in [-0.2, -0.15) is 18.3 Å². The Kier molecular flexibility index (Phi) is 4.32. The van der Waals surface area contributed by atoms with Crippen molar-refractivity contribution in [2.45, 2.75) is 17.7 Å². The number of halogens is 3. The lowest BCUT2D eigenvalue weighted by molar-refractivity contribution is -0.142. The molecule has 11 heteroatoms. The quantitative estimate of drug-likeness (QED) is 0.696. The standard InChI is InChI=1S/C18H14F3N3O4S/c1-27-12-4-7-14-10(8-12)9-28-16-15(14)24(23-17(16)18(19,20)21)11-2-5-13(6-3-11)29(22,25)26/h2-8H,9H2,1H3,(H2,22,25,26). The SMILES string of the molecule is COc1ccc2c(c1)COc1c(C(F)(F)F)nn(-c3ccc(S(N)(=O)=O)cc3)c1-2. The Bertz CT molecular complexity index is 1200. The number of fused-ring (bicyclic) bond motifs is 3. The van der Waals surface area contributed by atoms with Crippen LogP contribution in [0.5, 0.6) is 11.5 Å². The number of benzene rings is 2. The van der Waals surface area contributed by atoms with Crippen LogP contribution in [0.15, 0.2) is 47.4 Å². The van der Waals surface area contributed by atoms with Crippen molar-refractivity contribution in [3.05, 3.63) is 53.7 Å². The predicted octanol–water partition coefficient (Wildman–Crippen LogP) is 3.11. The van der Waals surface area contributed by atoms with Gasteiger partial charge in [0.1, 0.15) is 18.1 Å². The highest BCUT2D eigenvalue weighted by atomic mass is 32.2. The molecule has 29 heavy (non-hydrogen) atoms. The van der Waals surface area contributed by atoms with E-state index in [-0.39, 0.29) is 28.6 Å². The highest BCUT2D eigenvalue weighted by molar-refractivity contribution is 7.89. The Balaban J connectivity index is 1.95. The molecule has 4 rings (SSSR count). The van der Waals surface area contributed by atoms with Gasteiger partial charge in [0.15, 0.2) is 5.75 Å². The Morgan fingerprint density at radius 1 is 1.17 bits per heavy atom. The number of nitrogens with two attached hydrogens (primary N) is 1. The fourth-order valence-corrected chi connectivity index (χ4v) is 3.64. The number of ether oxygens (including phenoxy) is 2. The first kappa shape index (κ1) is 19.3. The molecule has 0 spiro atoms. The van der Waals surface area contributed by atoms with Crippen LogP contribution < -0.4 is 14.6 Å². The van der Waals surface area contributed by atoms with Crippen LogP contribution in [0, 0.1) is 0 Å². The average Bonchev–Trinajstić information content (AvgIpc) is 3.07. The van der Waals surface area contributed by atoms with E-state index in [1.165, 1.54) is 31.4 Å². The smallest absolute Gasteiger partial charge is 0.438 e. The highest BCUT2D eigenvalue weighted by Crippen LogP contribution is 2.47. The monoisotopic (exact) mass is 425 g/mol. The van der Waals surface area contributed by atoms with E-state index in [0.717, 1.165) is 4.68 Å². The zero-order valence-electron chi connectivity index (χ0n) is 14.9. The van der Waals surface area contributed by atoms with Crippen molar-refractivity contribution in [3.8, 4) is 28.4 Å². The van der Waals surface area contributed by atoms with Gasteiger partial charge in [0.25, 0.3) is 0 Å². The minimum Gasteiger partial charge on any atom is -0.497 e. The van der Waals surface area contributed by atoms with Crippen molar-refractivity contribution < 1.29 is 31.1 Å². The Morgan fingerprint density at radius 2 is 1.86 bits per heavy atom. The van der Waals surface area contributed by atoms with Crippen LogP contribution in [-0.4, -0.2) is 25.3 Å². The summed E-state index contributed by atoms with van der Waals surface area (Å²) in [7, 11) is -2.46. The number of aromatic nitrogens is 2. The molecule has 1 aliphatic heterocycles. The van der Waals surface area contributed by atoms with Crippen molar-refractivity contribution in [2.75, 3.05) is 7.11 Å². The number of alkyl halides is 3. The van der Waals surface area contributed by atoms with Crippen molar-refractivity contribution in [3.63, 3.8) is 0 Å². The summed E-state index contributed by atoms with van der Waals surface area (Å²) >= 11 is 0. The number of methoxy groups -OCH3 is 1. The number of sulfonamides is 1. The largest absolute Gasteiger partial charge is 0.497 e. The third kappa shape index (κ3) is 3.32. The van der Waals surface area contributed by atoms with Gasteiger partial charge >= 0.3 is 6.18 Å². The summed E-state index contributed by atoms with van der Waals surface area (Å²) in [6.45, 7) is -0.0708. The molecule has 1 aliphatic rings. The van der Waals surface area contributed by atoms with E-state index in [1.807, 2.05) is 0 Å². The molecule has 0 radical (unpaired) electrons. The molecule has 0 atom stereocenters. The minimum atomic E-state index is -4.74. The molecule has 2 N–H and O–H groups in total. The number of hydrogen-bond acceptors (Lipinski definition) is 5. The van der Waals surface area contributed by atoms with Crippen molar-refractivity contribution in [1.29, 1.82) is 0 Å². The summed E-state index contributed by atoms with van der Waals surface area (Å²) in [6.07, 6.45) is -4.74. The maximum absolute atomic E-state index is 13.5. The van der Waals surface area contributed by atoms with Crippen LogP contribution in [-0.2, 0) is 22.8 Å². The fraction of sp³-hybridized carbons (Fsp3) is 0.167. The van der Waals surface area contributed by atoms with Crippen molar-refractivity contribution in [1.82, 2.24) is 9.78 Å². The Morgan fingerprint density at radius 3 is 2.45 bits per heavy atom. The lowest BCUT2D eigenvalue weighted by Gasteiger charge is -2.20. The van der Waals surface area contributed by atoms with Crippen LogP contribution in [0.25, 0.3) is 16.9 Å². The van der Waals surface area contributed by atoms with Gasteiger partial charge in [-0.1, -0.05) is 0 Å². The molecule has 152 valence electrons. The molecule has 0 saturated carbocycles. The Hall–Kier alpha value is -3.05. The van der Waals surface area contributed by atoms with Crippen LogP contribution in [0.3, 0.4) is 0 Å². The van der Waals surface area contributed by atoms with Crippen LogP contribution in [0.4, 0.5) is 13.2 Å². The number of hydrogen-bond donors (Lipinski definition) is 1. The lowest BCUT2D eigenvalue weighted by Crippen LogP contribution is -2.12. The third-order valence-corrected chi connectivity index (χ3v) is 5.39. The summed E-state index contributed by atoms with van der Waals surface area (Å²) in [5.41, 5.74) is 0.309. The molecule has 0 unspecified atom stereocenters. The van der Waals surface area contributed by atoms with Gasteiger partial charge in [0.05, 0.1) is 17.7 Å². The minimum absolute atomic E-state index is 0.0708. The van der Waals surface area contributed by atoms with Gasteiger partial charge in [-0.25, -0.2) is 18.2 Å². The number of rotatable bonds is 3. The molecule has 0 fully saturated rings. The molecule has 0 aliphatic carbocycles. The zero-order chi connectivity index (χ0) is 21.0. The van der Waals surface area contributed by atoms with E-state index >= 15 is 0 Å². The highest BCUT2D eigenvalue weighted by Gasteiger charge is 2.42. The molecule has 2 aromatic carbocycles. The topological polar surface area (TPSA) is 96.4 Å². The van der Waals surface area contributed by atoms with Gasteiger partial charge < -0.3 is 9.47 Å². The second kappa shape index (κ2) is 6.49. The first-order valence-corrected chi connectivity index (χ1v) is 9.78. The molecule has 0 bridgehead atoms. The maximum Gasteiger partial charge on any atom is 0.438 e. The lowest BCUT2D eigenvalue weighted by atomic mass is 10.0. The molecule has 7 nitrogen and oxygen atoms in total. The molecule has 3 aromatic rings. The zero-order valence-corrected chi connectivity index (χ0v) is 15.7. The third-order valence-electron chi connectivity index (χ3n) is 4.46. The Labute approximate surface area is 163 Å². The van der Waals surface area contributed by atoms with Crippen LogP contribution in [0.2, 0.25) is 0 Å². The molecule has 2 heterocycles. The second-order valence-electron chi connectivity index (χ2n) is 6.29. The van der Waals surface area contributed by atoms with E-state index in [4.69, 9.17) is 14.6 Å². The van der Waals surface area contributed by atoms with Gasteiger partial charge in [0.2, 0.25) is 15.7 Å². The van der Waals surface area contributed by atoms with Gasteiger partial charge in [-0.05, 0) is 42.5 Å². The molecule has 0 saturated heterocycles. The maximum atomic E-state index is 13.5. The summed E-state index contributed by atoms with van der Waals surface area (Å²) in [6, 6.07) is 9.98. The molecular weight excluding hydrogens is 411 g/mol. The van der Waals surface area contributed by atoms with E-state index < -0.39 is 21.9 Å². The van der Waals surface area contributed by atoms with E-state index in [9.17, 15) is 21.6 Å². The van der Waals surface area contributed by atoms with E-state index in [2.05, 4.69) is 5.10 Å². The molecule has 0 amide bonds. The second-order valence-corrected chi connectivity index (χ2v) is 7.85. The first-order valence-electron chi connectivity index (χ1n) is 8.23. The average molecular weight is 425 g/mol. The summed E-state index contributed by atoms with van der Waals surface area (Å²) in [4.78, 5) is -0.167. The van der Waals surface area contributed by atoms with E-state index in [0.29, 0.717) is 16.9 Å². The van der Waals surface area contributed by atoms with Gasteiger partial charge in [-0.15, -0.1) is 0 Å². The van der Waals surface area contributed by atoms with Crippen LogP contribution in [0.1, 0.15) is 11.3 Å². The van der Waals surface area contributed by atoms with E-state index in [1.54, 1.807) is 18.2 Å². The van der Waals surface area contributed by atoms with Crippen molar-refractivity contribution in [2.24, 2.45) is 5.14 Å². The predicted molar refractivity (Wildman–Crippen MR) is 96.3 cm³/mol. The molecular formula is C18H14F3N3O4S. The fourth-order valence-electron chi connectivity index (χ4n) is 3.12. The van der Waals surface area contributed by atoms with Gasteiger partial charge in [-0.3, -0.25) is 0 Å². The summed E-state index contributed by atoms with van der Waals surface area (Å²) in [5.74, 6) is 0.154. The normalized spacial score (nSPS) is 13.4. The number of nitrogens with zero attached hydrogens (tertiary/aromatic N) is 2. The first-order chi connectivity index (χ1) is 13.6. The van der Waals surface area contributed by atoms with Crippen molar-refractivity contribution >= 4 is 10.0 Å². The van der Waals surface area contributed by atoms with Gasteiger partial charge in [0, 0.05) is 11.1 Å². The summed E-state index contributed by atoms with van der Waals surface area (Å²) in [5, 5.41) is 8.80.